The molecular weight excluding hydrogens is 168 g/mol. The zero-order valence-electron chi connectivity index (χ0n) is 6.57. The quantitative estimate of drug-likeness (QED) is 0.270. The highest BCUT2D eigenvalue weighted by molar-refractivity contribution is 7.91. The molecule has 6 heteroatoms. The van der Waals surface area contributed by atoms with Gasteiger partial charge in [-0.15, -0.1) is 5.10 Å². The second-order valence-corrected chi connectivity index (χ2v) is 4.17. The normalized spacial score (nSPS) is 13.1. The lowest BCUT2D eigenvalue weighted by Crippen LogP contribution is -2.19. The summed E-state index contributed by atoms with van der Waals surface area (Å²) in [6, 6.07) is 0. The molecule has 0 aliphatic heterocycles. The molecule has 0 aromatic heterocycles. The maximum absolute atomic E-state index is 10.7. The summed E-state index contributed by atoms with van der Waals surface area (Å²) in [5, 5.41) is 3.18. The van der Waals surface area contributed by atoms with Crippen LogP contribution in [0.2, 0.25) is 0 Å². The summed E-state index contributed by atoms with van der Waals surface area (Å²) in [6.07, 6.45) is 1.09. The molecule has 66 valence electrons. The summed E-state index contributed by atoms with van der Waals surface area (Å²) >= 11 is 0. The summed E-state index contributed by atoms with van der Waals surface area (Å²) < 4.78 is 26.1. The van der Waals surface area contributed by atoms with Gasteiger partial charge in [0.25, 0.3) is 0 Å². The Kier molecular flexibility index (Phi) is 3.88. The lowest BCUT2D eigenvalue weighted by molar-refractivity contribution is 0.323. The molecule has 0 bridgehead atoms. The lowest BCUT2D eigenvalue weighted by Gasteiger charge is -2.03. The first-order valence-electron chi connectivity index (χ1n) is 3.07. The van der Waals surface area contributed by atoms with Crippen LogP contribution in [0, 0.1) is 0 Å². The number of hydrazone groups is 1. The molecule has 5 nitrogen and oxygen atoms in total. The smallest absolute Gasteiger partial charge is 0.220 e. The fourth-order valence-corrected chi connectivity index (χ4v) is 1.11. The number of hydrogen-bond donors (Lipinski definition) is 1. The lowest BCUT2D eigenvalue weighted by atomic mass is 10.7. The second kappa shape index (κ2) is 4.17. The molecule has 0 heterocycles. The first kappa shape index (κ1) is 10.2. The van der Waals surface area contributed by atoms with Gasteiger partial charge >= 0.3 is 0 Å². The van der Waals surface area contributed by atoms with Crippen molar-refractivity contribution in [1.82, 2.24) is 0 Å². The van der Waals surface area contributed by atoms with Gasteiger partial charge in [0.1, 0.15) is 5.75 Å². The standard InChI is InChI=1S/C5H12N2O3S/c1-3-10-5(7-6)4-11(2,8)9/h3-4,6H2,1-2H3. The van der Waals surface area contributed by atoms with Crippen LogP contribution in [0.25, 0.3) is 0 Å². The van der Waals surface area contributed by atoms with E-state index in [9.17, 15) is 8.42 Å². The molecule has 0 fully saturated rings. The van der Waals surface area contributed by atoms with Crippen LogP contribution in [0.4, 0.5) is 0 Å². The molecule has 0 radical (unpaired) electrons. The molecule has 0 amide bonds. The first-order chi connectivity index (χ1) is 4.99. The Balaban J connectivity index is 4.12. The molecule has 2 N–H and O–H groups in total. The number of hydrogen-bond acceptors (Lipinski definition) is 5. The molecule has 0 aromatic carbocycles. The van der Waals surface area contributed by atoms with Crippen molar-refractivity contribution < 1.29 is 13.2 Å². The highest BCUT2D eigenvalue weighted by Crippen LogP contribution is 1.88. The van der Waals surface area contributed by atoms with E-state index in [1.54, 1.807) is 6.92 Å². The number of nitrogens with zero attached hydrogens (tertiary/aromatic N) is 1. The molecule has 0 unspecified atom stereocenters. The maximum atomic E-state index is 10.7. The van der Waals surface area contributed by atoms with Gasteiger partial charge in [-0.05, 0) is 6.92 Å². The number of ether oxygens (including phenoxy) is 1. The summed E-state index contributed by atoms with van der Waals surface area (Å²) in [5.41, 5.74) is 0. The maximum Gasteiger partial charge on any atom is 0.220 e. The van der Waals surface area contributed by atoms with E-state index in [1.165, 1.54) is 0 Å². The molecular formula is C5H12N2O3S. The van der Waals surface area contributed by atoms with Crippen molar-refractivity contribution in [2.75, 3.05) is 18.6 Å². The van der Waals surface area contributed by atoms with Crippen LogP contribution in [0.1, 0.15) is 6.92 Å². The van der Waals surface area contributed by atoms with Gasteiger partial charge in [-0.3, -0.25) is 0 Å². The number of rotatable bonds is 3. The summed E-state index contributed by atoms with van der Waals surface area (Å²) in [5.74, 6) is 4.68. The van der Waals surface area contributed by atoms with E-state index in [0.717, 1.165) is 6.26 Å². The third-order valence-electron chi connectivity index (χ3n) is 0.841. The van der Waals surface area contributed by atoms with Gasteiger partial charge in [-0.25, -0.2) is 8.42 Å². The predicted octanol–water partition coefficient (Wildman–Crippen LogP) is -0.660. The molecule has 0 rings (SSSR count). The van der Waals surface area contributed by atoms with Crippen molar-refractivity contribution in [2.45, 2.75) is 6.92 Å². The molecule has 11 heavy (non-hydrogen) atoms. The van der Waals surface area contributed by atoms with E-state index < -0.39 is 9.84 Å². The van der Waals surface area contributed by atoms with Crippen molar-refractivity contribution in [3.63, 3.8) is 0 Å². The van der Waals surface area contributed by atoms with Crippen LogP contribution < -0.4 is 5.84 Å². The molecule has 0 aliphatic rings. The zero-order chi connectivity index (χ0) is 8.91. The Labute approximate surface area is 66.1 Å². The van der Waals surface area contributed by atoms with Gasteiger partial charge < -0.3 is 10.6 Å². The third kappa shape index (κ3) is 5.65. The SMILES string of the molecule is CCOC(CS(C)(=O)=O)=NN. The fraction of sp³-hybridized carbons (Fsp3) is 0.800. The largest absolute Gasteiger partial charge is 0.479 e. The van der Waals surface area contributed by atoms with Gasteiger partial charge in [-0.2, -0.15) is 0 Å². The minimum absolute atomic E-state index is 0.0509. The van der Waals surface area contributed by atoms with Gasteiger partial charge in [0.15, 0.2) is 9.84 Å². The zero-order valence-corrected chi connectivity index (χ0v) is 7.39. The van der Waals surface area contributed by atoms with Crippen molar-refractivity contribution in [2.24, 2.45) is 10.9 Å². The Morgan fingerprint density at radius 2 is 2.18 bits per heavy atom. The van der Waals surface area contributed by atoms with E-state index in [1.807, 2.05) is 0 Å². The summed E-state index contributed by atoms with van der Waals surface area (Å²) in [7, 11) is -3.09. The fourth-order valence-electron chi connectivity index (χ4n) is 0.507. The van der Waals surface area contributed by atoms with Gasteiger partial charge in [-0.1, -0.05) is 0 Å². The van der Waals surface area contributed by atoms with Crippen LogP contribution in [-0.2, 0) is 14.6 Å². The average molecular weight is 180 g/mol. The molecule has 0 aromatic rings. The molecule has 0 aliphatic carbocycles. The molecule has 0 spiro atoms. The van der Waals surface area contributed by atoms with Crippen LogP contribution in [0.5, 0.6) is 0 Å². The van der Waals surface area contributed by atoms with Crippen molar-refractivity contribution in [3.05, 3.63) is 0 Å². The molecule has 0 saturated heterocycles. The average Bonchev–Trinajstić information content (AvgIpc) is 1.84. The predicted molar refractivity (Wildman–Crippen MR) is 43.0 cm³/mol. The topological polar surface area (TPSA) is 81.8 Å². The Morgan fingerprint density at radius 3 is 2.45 bits per heavy atom. The van der Waals surface area contributed by atoms with E-state index in [4.69, 9.17) is 10.6 Å². The number of sulfone groups is 1. The summed E-state index contributed by atoms with van der Waals surface area (Å²) in [6.45, 7) is 2.10. The van der Waals surface area contributed by atoms with E-state index in [2.05, 4.69) is 5.10 Å². The van der Waals surface area contributed by atoms with Crippen molar-refractivity contribution in [1.29, 1.82) is 0 Å². The van der Waals surface area contributed by atoms with Crippen LogP contribution >= 0.6 is 0 Å². The van der Waals surface area contributed by atoms with E-state index in [0.29, 0.717) is 6.61 Å². The Morgan fingerprint density at radius 1 is 1.64 bits per heavy atom. The van der Waals surface area contributed by atoms with Crippen molar-refractivity contribution >= 4 is 15.7 Å². The van der Waals surface area contributed by atoms with Crippen LogP contribution in [0.3, 0.4) is 0 Å². The molecule has 0 saturated carbocycles. The van der Waals surface area contributed by atoms with Crippen molar-refractivity contribution in [3.8, 4) is 0 Å². The number of nitrogens with two attached hydrogens (primary N) is 1. The van der Waals surface area contributed by atoms with Gasteiger partial charge in [0.2, 0.25) is 5.90 Å². The van der Waals surface area contributed by atoms with Crippen LogP contribution in [-0.4, -0.2) is 32.9 Å². The minimum atomic E-state index is -3.09. The first-order valence-corrected chi connectivity index (χ1v) is 5.13. The Bertz CT molecular complexity index is 232. The third-order valence-corrected chi connectivity index (χ3v) is 1.61. The Hall–Kier alpha value is -0.780. The highest BCUT2D eigenvalue weighted by atomic mass is 32.2. The van der Waals surface area contributed by atoms with Gasteiger partial charge in [0, 0.05) is 6.26 Å². The van der Waals surface area contributed by atoms with E-state index >= 15 is 0 Å². The van der Waals surface area contributed by atoms with E-state index in [-0.39, 0.29) is 11.7 Å². The second-order valence-electron chi connectivity index (χ2n) is 2.03. The monoisotopic (exact) mass is 180 g/mol. The van der Waals surface area contributed by atoms with Gasteiger partial charge in [0.05, 0.1) is 6.61 Å². The summed E-state index contributed by atoms with van der Waals surface area (Å²) in [4.78, 5) is 0. The molecule has 0 atom stereocenters. The van der Waals surface area contributed by atoms with Crippen LogP contribution in [0.15, 0.2) is 5.10 Å². The minimum Gasteiger partial charge on any atom is -0.479 e. The highest BCUT2D eigenvalue weighted by Gasteiger charge is 2.08.